The summed E-state index contributed by atoms with van der Waals surface area (Å²) in [5, 5.41) is 0. The van der Waals surface area contributed by atoms with Crippen LogP contribution in [0, 0.1) is 5.41 Å². The first-order chi connectivity index (χ1) is 13.0. The van der Waals surface area contributed by atoms with Crippen LogP contribution in [0.3, 0.4) is 0 Å². The van der Waals surface area contributed by atoms with E-state index in [1.54, 1.807) is 7.05 Å². The van der Waals surface area contributed by atoms with Crippen LogP contribution in [0.2, 0.25) is 0 Å². The molecule has 6 heteroatoms. The summed E-state index contributed by atoms with van der Waals surface area (Å²) >= 11 is 2.02. The van der Waals surface area contributed by atoms with Crippen molar-refractivity contribution in [2.24, 2.45) is 16.1 Å². The van der Waals surface area contributed by atoms with Crippen LogP contribution in [0.25, 0.3) is 0 Å². The van der Waals surface area contributed by atoms with Crippen LogP contribution in [0.5, 0.6) is 0 Å². The number of carbonyl (C=O) groups excluding carboxylic acids is 1. The summed E-state index contributed by atoms with van der Waals surface area (Å²) in [6.07, 6.45) is 8.39. The molecule has 1 heterocycles. The molecule has 2 spiro atoms. The number of hydrogen-bond donors (Lipinski definition) is 1. The highest BCUT2D eigenvalue weighted by atomic mass is 127. The Hall–Kier alpha value is -1.15. The minimum atomic E-state index is -0.503. The Morgan fingerprint density at radius 1 is 1.22 bits per heavy atom. The number of rotatable bonds is 2. The number of aliphatic imine (C=N–C) groups is 1. The summed E-state index contributed by atoms with van der Waals surface area (Å²) in [5.41, 5.74) is 9.78. The Balaban J connectivity index is 1.65. The zero-order valence-electron chi connectivity index (χ0n) is 15.7. The molecule has 0 aromatic heterocycles. The van der Waals surface area contributed by atoms with Gasteiger partial charge in [0, 0.05) is 12.5 Å². The molecule has 5 nitrogen and oxygen atoms in total. The second-order valence-corrected chi connectivity index (χ2v) is 9.40. The number of amides is 1. The molecule has 0 bridgehead atoms. The van der Waals surface area contributed by atoms with Gasteiger partial charge in [0.1, 0.15) is 28.5 Å². The van der Waals surface area contributed by atoms with E-state index >= 15 is 0 Å². The molecule has 2 saturated carbocycles. The van der Waals surface area contributed by atoms with Crippen LogP contribution < -0.4 is 5.73 Å². The zero-order valence-corrected chi connectivity index (χ0v) is 17.9. The molecule has 0 radical (unpaired) electrons. The molecule has 5 rings (SSSR count). The molecular formula is C21H26IN3O2. The maximum absolute atomic E-state index is 12.9. The summed E-state index contributed by atoms with van der Waals surface area (Å²) in [4.78, 5) is 19.5. The van der Waals surface area contributed by atoms with Crippen molar-refractivity contribution in [1.29, 1.82) is 0 Å². The van der Waals surface area contributed by atoms with Crippen molar-refractivity contribution in [2.45, 2.75) is 68.9 Å². The number of nitrogens with zero attached hydrogens (tertiary/aromatic N) is 2. The fourth-order valence-electron chi connectivity index (χ4n) is 5.66. The fourth-order valence-corrected chi connectivity index (χ4v) is 6.17. The van der Waals surface area contributed by atoms with Crippen molar-refractivity contribution in [3.63, 3.8) is 0 Å². The molecule has 27 heavy (non-hydrogen) atoms. The largest absolute Gasteiger partial charge is 0.369 e. The van der Waals surface area contributed by atoms with E-state index in [1.165, 1.54) is 34.4 Å². The van der Waals surface area contributed by atoms with E-state index in [1.807, 2.05) is 23.0 Å². The van der Waals surface area contributed by atoms with Gasteiger partial charge in [-0.2, -0.15) is 0 Å². The summed E-state index contributed by atoms with van der Waals surface area (Å²) in [6, 6.07) is 6.96. The number of benzene rings is 1. The predicted octanol–water partition coefficient (Wildman–Crippen LogP) is 3.79. The molecule has 1 aromatic rings. The predicted molar refractivity (Wildman–Crippen MR) is 113 cm³/mol. The van der Waals surface area contributed by atoms with Gasteiger partial charge in [0.05, 0.1) is 12.5 Å². The van der Waals surface area contributed by atoms with E-state index in [-0.39, 0.29) is 11.3 Å². The quantitative estimate of drug-likeness (QED) is 0.657. The second-order valence-electron chi connectivity index (χ2n) is 8.90. The highest BCUT2D eigenvalue weighted by Gasteiger charge is 2.61. The minimum Gasteiger partial charge on any atom is -0.369 e. The maximum atomic E-state index is 12.9. The second kappa shape index (κ2) is 6.17. The van der Waals surface area contributed by atoms with Crippen LogP contribution in [-0.4, -0.2) is 29.9 Å². The molecule has 1 aliphatic heterocycles. The van der Waals surface area contributed by atoms with Crippen LogP contribution >= 0.6 is 23.0 Å². The molecule has 2 N–H and O–H groups in total. The Kier molecular flexibility index (Phi) is 4.10. The Morgan fingerprint density at radius 2 is 1.96 bits per heavy atom. The van der Waals surface area contributed by atoms with E-state index < -0.39 is 5.54 Å². The highest BCUT2D eigenvalue weighted by Crippen LogP contribution is 2.62. The van der Waals surface area contributed by atoms with Gasteiger partial charge in [-0.1, -0.05) is 18.2 Å². The Bertz CT molecular complexity index is 827. The van der Waals surface area contributed by atoms with Gasteiger partial charge in [-0.05, 0) is 67.6 Å². The Morgan fingerprint density at radius 3 is 2.59 bits per heavy atom. The van der Waals surface area contributed by atoms with Gasteiger partial charge in [0.2, 0.25) is 5.91 Å². The van der Waals surface area contributed by atoms with Crippen molar-refractivity contribution < 1.29 is 7.86 Å². The molecule has 4 aliphatic rings. The van der Waals surface area contributed by atoms with E-state index in [0.717, 1.165) is 32.1 Å². The number of carbonyl (C=O) groups is 1. The van der Waals surface area contributed by atoms with Crippen molar-refractivity contribution in [1.82, 2.24) is 4.90 Å². The molecule has 2 fully saturated rings. The average molecular weight is 479 g/mol. The van der Waals surface area contributed by atoms with Gasteiger partial charge in [-0.15, -0.1) is 0 Å². The lowest BCUT2D eigenvalue weighted by Gasteiger charge is -2.49. The lowest BCUT2D eigenvalue weighted by Crippen LogP contribution is -2.54. The number of fused-ring (bicyclic) bond motifs is 3. The molecule has 3 aliphatic carbocycles. The first kappa shape index (κ1) is 17.9. The Labute approximate surface area is 174 Å². The third-order valence-electron chi connectivity index (χ3n) is 7.48. The van der Waals surface area contributed by atoms with Crippen LogP contribution in [0.15, 0.2) is 23.2 Å². The van der Waals surface area contributed by atoms with Crippen molar-refractivity contribution >= 4 is 34.9 Å². The van der Waals surface area contributed by atoms with Gasteiger partial charge in [-0.25, -0.2) is 4.99 Å². The number of guanidine groups is 1. The average Bonchev–Trinajstić information content (AvgIpc) is 3.48. The highest BCUT2D eigenvalue weighted by molar-refractivity contribution is 14.1. The third-order valence-corrected chi connectivity index (χ3v) is 8.20. The summed E-state index contributed by atoms with van der Waals surface area (Å²) < 4.78 is 5.60. The van der Waals surface area contributed by atoms with Crippen molar-refractivity contribution in [3.05, 3.63) is 34.9 Å². The smallest absolute Gasteiger partial charge is 0.231 e. The minimum absolute atomic E-state index is 0.0231. The normalized spacial score (nSPS) is 35.6. The monoisotopic (exact) mass is 479 g/mol. The molecule has 1 unspecified atom stereocenters. The van der Waals surface area contributed by atoms with Gasteiger partial charge in [0.25, 0.3) is 0 Å². The van der Waals surface area contributed by atoms with E-state index in [4.69, 9.17) is 13.8 Å². The number of halogens is 1. The van der Waals surface area contributed by atoms with Crippen molar-refractivity contribution in [2.75, 3.05) is 7.05 Å². The molecular weight excluding hydrogens is 453 g/mol. The fraction of sp³-hybridized carbons (Fsp3) is 0.619. The summed E-state index contributed by atoms with van der Waals surface area (Å²) in [7, 11) is 1.73. The molecule has 144 valence electrons. The molecule has 0 saturated heterocycles. The molecule has 1 aromatic carbocycles. The van der Waals surface area contributed by atoms with E-state index in [9.17, 15) is 4.79 Å². The molecule has 1 amide bonds. The maximum Gasteiger partial charge on any atom is 0.231 e. The van der Waals surface area contributed by atoms with Gasteiger partial charge >= 0.3 is 0 Å². The standard InChI is InChI=1S/C21H26IN3O2/c1-25-18(26)12-21(24-19(25)23)17-10-14(13-2-3-13)4-5-15(17)11-20(21)8-6-16(27-22)7-9-20/h4-5,10,13,16H,2-3,6-9,11-12H2,1H3,(H2,23,24). The topological polar surface area (TPSA) is 67.9 Å². The lowest BCUT2D eigenvalue weighted by atomic mass is 9.60. The third kappa shape index (κ3) is 2.58. The van der Waals surface area contributed by atoms with E-state index in [0.29, 0.717) is 24.4 Å². The SMILES string of the molecule is CN1C(=O)CC2(N=C1N)c1cc(C3CC3)ccc1CC21CCC(OI)CC1. The zero-order chi connectivity index (χ0) is 18.8. The van der Waals surface area contributed by atoms with Crippen LogP contribution in [-0.2, 0) is 19.8 Å². The van der Waals surface area contributed by atoms with Crippen molar-refractivity contribution in [3.8, 4) is 0 Å². The number of nitrogens with two attached hydrogens (primary N) is 1. The van der Waals surface area contributed by atoms with Gasteiger partial charge in [0.15, 0.2) is 5.96 Å². The van der Waals surface area contributed by atoms with Gasteiger partial charge < -0.3 is 8.80 Å². The van der Waals surface area contributed by atoms with Crippen LogP contribution in [0.4, 0.5) is 0 Å². The first-order valence-corrected chi connectivity index (χ1v) is 10.9. The van der Waals surface area contributed by atoms with E-state index in [2.05, 4.69) is 18.2 Å². The first-order valence-electron chi connectivity index (χ1n) is 10.0. The van der Waals surface area contributed by atoms with Crippen LogP contribution in [0.1, 0.15) is 67.6 Å². The molecule has 1 atom stereocenters. The van der Waals surface area contributed by atoms with Gasteiger partial charge in [-0.3, -0.25) is 9.69 Å². The summed E-state index contributed by atoms with van der Waals surface area (Å²) in [6.45, 7) is 0. The number of hydrogen-bond acceptors (Lipinski definition) is 4. The lowest BCUT2D eigenvalue weighted by molar-refractivity contribution is -0.131. The summed E-state index contributed by atoms with van der Waals surface area (Å²) in [5.74, 6) is 1.14.